The molecule has 8 heteroatoms. The topological polar surface area (TPSA) is 55.6 Å². The van der Waals surface area contributed by atoms with Crippen molar-refractivity contribution in [2.24, 2.45) is 0 Å². The third kappa shape index (κ3) is 2.81. The molecular formula is C19H15Cl2N5O. The van der Waals surface area contributed by atoms with Crippen LogP contribution in [0.1, 0.15) is 0 Å². The first-order valence-corrected chi connectivity index (χ1v) is 9.40. The number of hydrogen-bond donors (Lipinski definition) is 0. The first-order chi connectivity index (χ1) is 13.2. The number of rotatable bonds is 2. The second-order valence-electron chi connectivity index (χ2n) is 6.34. The Hall–Kier alpha value is -2.41. The quantitative estimate of drug-likeness (QED) is 0.508. The molecule has 0 atom stereocenters. The number of halogens is 2. The molecule has 0 aliphatic carbocycles. The van der Waals surface area contributed by atoms with Gasteiger partial charge in [0, 0.05) is 29.1 Å². The van der Waals surface area contributed by atoms with Gasteiger partial charge >= 0.3 is 0 Å². The standard InChI is InChI=1S/C19H15Cl2N5O/c20-12-5-6-14-16(11-12)22-19(25-7-9-27-10-8-25)26-17(23-24-18(14)26)13-3-1-2-4-15(13)21/h1-6,11H,7-10H2. The van der Waals surface area contributed by atoms with Gasteiger partial charge < -0.3 is 9.64 Å². The Morgan fingerprint density at radius 2 is 1.78 bits per heavy atom. The Labute approximate surface area is 165 Å². The van der Waals surface area contributed by atoms with Gasteiger partial charge in [-0.2, -0.15) is 0 Å². The van der Waals surface area contributed by atoms with Gasteiger partial charge in [-0.3, -0.25) is 0 Å². The van der Waals surface area contributed by atoms with Crippen molar-refractivity contribution >= 4 is 45.7 Å². The summed E-state index contributed by atoms with van der Waals surface area (Å²) in [7, 11) is 0. The zero-order valence-corrected chi connectivity index (χ0v) is 15.8. The molecule has 5 rings (SSSR count). The SMILES string of the molecule is Clc1ccc2c(c1)nc(N1CCOCC1)n1c(-c3ccccc3Cl)nnc21. The van der Waals surface area contributed by atoms with Crippen LogP contribution in [0.5, 0.6) is 0 Å². The number of morpholine rings is 1. The van der Waals surface area contributed by atoms with E-state index in [1.54, 1.807) is 0 Å². The number of benzene rings is 2. The average molecular weight is 400 g/mol. The molecule has 0 bridgehead atoms. The Kier molecular flexibility index (Phi) is 4.11. The molecule has 0 unspecified atom stereocenters. The molecule has 27 heavy (non-hydrogen) atoms. The number of ether oxygens (including phenoxy) is 1. The van der Waals surface area contributed by atoms with Gasteiger partial charge in [-0.05, 0) is 30.3 Å². The van der Waals surface area contributed by atoms with Crippen LogP contribution in [-0.2, 0) is 4.74 Å². The lowest BCUT2D eigenvalue weighted by molar-refractivity contribution is 0.122. The van der Waals surface area contributed by atoms with E-state index in [1.807, 2.05) is 46.9 Å². The minimum atomic E-state index is 0.621. The Morgan fingerprint density at radius 1 is 0.963 bits per heavy atom. The Balaban J connectivity index is 1.85. The molecular weight excluding hydrogens is 385 g/mol. The van der Waals surface area contributed by atoms with Gasteiger partial charge in [0.1, 0.15) is 0 Å². The summed E-state index contributed by atoms with van der Waals surface area (Å²) < 4.78 is 7.48. The summed E-state index contributed by atoms with van der Waals surface area (Å²) in [5.41, 5.74) is 2.33. The van der Waals surface area contributed by atoms with Crippen LogP contribution < -0.4 is 4.90 Å². The van der Waals surface area contributed by atoms with Gasteiger partial charge in [-0.25, -0.2) is 9.38 Å². The van der Waals surface area contributed by atoms with E-state index in [0.29, 0.717) is 29.1 Å². The average Bonchev–Trinajstić information content (AvgIpc) is 3.13. The van der Waals surface area contributed by atoms with Crippen LogP contribution in [0.15, 0.2) is 42.5 Å². The van der Waals surface area contributed by atoms with Crippen LogP contribution >= 0.6 is 23.2 Å². The summed E-state index contributed by atoms with van der Waals surface area (Å²) >= 11 is 12.6. The molecule has 3 heterocycles. The molecule has 1 aliphatic heterocycles. The predicted molar refractivity (Wildman–Crippen MR) is 107 cm³/mol. The highest BCUT2D eigenvalue weighted by Gasteiger charge is 2.22. The van der Waals surface area contributed by atoms with Crippen LogP contribution in [0.4, 0.5) is 5.95 Å². The molecule has 4 aromatic rings. The molecule has 2 aromatic heterocycles. The van der Waals surface area contributed by atoms with Crippen molar-refractivity contribution in [3.8, 4) is 11.4 Å². The smallest absolute Gasteiger partial charge is 0.213 e. The van der Waals surface area contributed by atoms with Gasteiger partial charge in [-0.1, -0.05) is 35.3 Å². The number of anilines is 1. The number of hydrogen-bond acceptors (Lipinski definition) is 5. The lowest BCUT2D eigenvalue weighted by Crippen LogP contribution is -2.38. The van der Waals surface area contributed by atoms with E-state index in [1.165, 1.54) is 0 Å². The van der Waals surface area contributed by atoms with E-state index >= 15 is 0 Å². The number of nitrogens with zero attached hydrogens (tertiary/aromatic N) is 5. The molecule has 1 saturated heterocycles. The lowest BCUT2D eigenvalue weighted by Gasteiger charge is -2.28. The van der Waals surface area contributed by atoms with Crippen molar-refractivity contribution in [1.29, 1.82) is 0 Å². The summed E-state index contributed by atoms with van der Waals surface area (Å²) in [4.78, 5) is 7.08. The molecule has 0 amide bonds. The monoisotopic (exact) mass is 399 g/mol. The van der Waals surface area contributed by atoms with Crippen molar-refractivity contribution in [2.75, 3.05) is 31.2 Å². The van der Waals surface area contributed by atoms with E-state index in [2.05, 4.69) is 15.1 Å². The minimum absolute atomic E-state index is 0.621. The number of fused-ring (bicyclic) bond motifs is 3. The molecule has 0 radical (unpaired) electrons. The van der Waals surface area contributed by atoms with Crippen molar-refractivity contribution in [2.45, 2.75) is 0 Å². The number of aromatic nitrogens is 4. The van der Waals surface area contributed by atoms with Crippen molar-refractivity contribution in [1.82, 2.24) is 19.6 Å². The largest absolute Gasteiger partial charge is 0.378 e. The highest BCUT2D eigenvalue weighted by Crippen LogP contribution is 2.32. The molecule has 0 spiro atoms. The maximum absolute atomic E-state index is 6.44. The van der Waals surface area contributed by atoms with Crippen LogP contribution in [0.3, 0.4) is 0 Å². The third-order valence-corrected chi connectivity index (χ3v) is 5.26. The maximum Gasteiger partial charge on any atom is 0.213 e. The first kappa shape index (κ1) is 16.7. The van der Waals surface area contributed by atoms with Gasteiger partial charge in [-0.15, -0.1) is 10.2 Å². The molecule has 0 saturated carbocycles. The molecule has 0 N–H and O–H groups in total. The summed E-state index contributed by atoms with van der Waals surface area (Å²) in [6, 6.07) is 13.2. The summed E-state index contributed by atoms with van der Waals surface area (Å²) in [5, 5.41) is 11.1. The lowest BCUT2D eigenvalue weighted by atomic mass is 10.2. The van der Waals surface area contributed by atoms with Gasteiger partial charge in [0.15, 0.2) is 11.5 Å². The van der Waals surface area contributed by atoms with Crippen LogP contribution in [0, 0.1) is 0 Å². The Morgan fingerprint density at radius 3 is 2.59 bits per heavy atom. The highest BCUT2D eigenvalue weighted by molar-refractivity contribution is 6.33. The molecule has 136 valence electrons. The normalized spacial score (nSPS) is 15.0. The van der Waals surface area contributed by atoms with E-state index in [9.17, 15) is 0 Å². The van der Waals surface area contributed by atoms with Crippen LogP contribution in [-0.4, -0.2) is 45.9 Å². The fourth-order valence-corrected chi connectivity index (χ4v) is 3.77. The summed E-state index contributed by atoms with van der Waals surface area (Å²) in [6.07, 6.45) is 0. The maximum atomic E-state index is 6.44. The fourth-order valence-electron chi connectivity index (χ4n) is 3.38. The Bertz CT molecular complexity index is 1150. The summed E-state index contributed by atoms with van der Waals surface area (Å²) in [5.74, 6) is 1.43. The molecule has 6 nitrogen and oxygen atoms in total. The van der Waals surface area contributed by atoms with Crippen molar-refractivity contribution in [3.05, 3.63) is 52.5 Å². The van der Waals surface area contributed by atoms with E-state index < -0.39 is 0 Å². The molecule has 2 aromatic carbocycles. The molecule has 1 fully saturated rings. The summed E-state index contributed by atoms with van der Waals surface area (Å²) in [6.45, 7) is 2.79. The van der Waals surface area contributed by atoms with E-state index in [4.69, 9.17) is 32.9 Å². The zero-order valence-electron chi connectivity index (χ0n) is 14.3. The molecule has 1 aliphatic rings. The zero-order chi connectivity index (χ0) is 18.4. The minimum Gasteiger partial charge on any atom is -0.378 e. The van der Waals surface area contributed by atoms with E-state index in [0.717, 1.165) is 41.2 Å². The third-order valence-electron chi connectivity index (χ3n) is 4.69. The predicted octanol–water partition coefficient (Wildman–Crippen LogP) is 4.09. The second kappa shape index (κ2) is 6.64. The van der Waals surface area contributed by atoms with Crippen molar-refractivity contribution in [3.63, 3.8) is 0 Å². The van der Waals surface area contributed by atoms with Gasteiger partial charge in [0.2, 0.25) is 5.95 Å². The van der Waals surface area contributed by atoms with Gasteiger partial charge in [0.25, 0.3) is 0 Å². The second-order valence-corrected chi connectivity index (χ2v) is 7.18. The van der Waals surface area contributed by atoms with Gasteiger partial charge in [0.05, 0.1) is 23.8 Å². The van der Waals surface area contributed by atoms with E-state index in [-0.39, 0.29) is 0 Å². The van der Waals surface area contributed by atoms with Crippen LogP contribution in [0.2, 0.25) is 10.0 Å². The first-order valence-electron chi connectivity index (χ1n) is 8.64. The van der Waals surface area contributed by atoms with Crippen molar-refractivity contribution < 1.29 is 4.74 Å². The fraction of sp³-hybridized carbons (Fsp3) is 0.211. The highest BCUT2D eigenvalue weighted by atomic mass is 35.5. The van der Waals surface area contributed by atoms with Crippen LogP contribution in [0.25, 0.3) is 27.9 Å².